The van der Waals surface area contributed by atoms with Gasteiger partial charge in [0.15, 0.2) is 0 Å². The molecule has 1 atom stereocenters. The Labute approximate surface area is 121 Å². The fourth-order valence-electron chi connectivity index (χ4n) is 3.43. The molecule has 19 heavy (non-hydrogen) atoms. The van der Waals surface area contributed by atoms with E-state index in [9.17, 15) is 0 Å². The number of nitrogens with two attached hydrogens (primary N) is 1. The molecule has 1 aliphatic rings. The minimum atomic E-state index is 0.0217. The van der Waals surface area contributed by atoms with Crippen molar-refractivity contribution in [1.82, 2.24) is 4.90 Å². The Morgan fingerprint density at radius 2 is 1.95 bits per heavy atom. The standard InChI is InChI=1S/C16H25ClN2/c1-15(2)9-4-10-19(15)16(3,12-18)11-13-5-7-14(17)8-6-13/h5-8H,4,9-12,18H2,1-3H3. The molecule has 106 valence electrons. The van der Waals surface area contributed by atoms with E-state index in [1.165, 1.54) is 18.4 Å². The van der Waals surface area contributed by atoms with Crippen LogP contribution in [-0.4, -0.2) is 29.1 Å². The second-order valence-corrected chi connectivity index (χ2v) is 7.01. The van der Waals surface area contributed by atoms with Gasteiger partial charge in [0.1, 0.15) is 0 Å². The van der Waals surface area contributed by atoms with Gasteiger partial charge in [-0.2, -0.15) is 0 Å². The maximum atomic E-state index is 6.12. The van der Waals surface area contributed by atoms with E-state index in [1.807, 2.05) is 12.1 Å². The van der Waals surface area contributed by atoms with Gasteiger partial charge in [0.05, 0.1) is 0 Å². The molecule has 1 aliphatic heterocycles. The molecule has 1 saturated heterocycles. The van der Waals surface area contributed by atoms with Gasteiger partial charge in [0, 0.05) is 22.6 Å². The van der Waals surface area contributed by atoms with Crippen LogP contribution in [0.2, 0.25) is 5.02 Å². The zero-order valence-corrected chi connectivity index (χ0v) is 13.0. The number of likely N-dealkylation sites (tertiary alicyclic amines) is 1. The first-order valence-corrected chi connectivity index (χ1v) is 7.47. The van der Waals surface area contributed by atoms with E-state index in [2.05, 4.69) is 37.8 Å². The van der Waals surface area contributed by atoms with E-state index in [4.69, 9.17) is 17.3 Å². The molecular formula is C16H25ClN2. The summed E-state index contributed by atoms with van der Waals surface area (Å²) in [6, 6.07) is 8.14. The Balaban J connectivity index is 2.20. The van der Waals surface area contributed by atoms with E-state index >= 15 is 0 Å². The molecule has 0 radical (unpaired) electrons. The molecule has 1 unspecified atom stereocenters. The average molecular weight is 281 g/mol. The van der Waals surface area contributed by atoms with Crippen molar-refractivity contribution >= 4 is 11.6 Å². The summed E-state index contributed by atoms with van der Waals surface area (Å²) in [5, 5.41) is 0.791. The summed E-state index contributed by atoms with van der Waals surface area (Å²) in [5.41, 5.74) is 7.70. The molecule has 2 rings (SSSR count). The molecule has 1 heterocycles. The monoisotopic (exact) mass is 280 g/mol. The van der Waals surface area contributed by atoms with Crippen LogP contribution in [0.5, 0.6) is 0 Å². The predicted octanol–water partition coefficient (Wildman–Crippen LogP) is 3.47. The Kier molecular flexibility index (Phi) is 4.24. The third-order valence-electron chi connectivity index (χ3n) is 4.49. The highest BCUT2D eigenvalue weighted by Gasteiger charge is 2.42. The van der Waals surface area contributed by atoms with Gasteiger partial charge < -0.3 is 5.73 Å². The van der Waals surface area contributed by atoms with Crippen molar-refractivity contribution in [3.8, 4) is 0 Å². The molecular weight excluding hydrogens is 256 g/mol. The summed E-state index contributed by atoms with van der Waals surface area (Å²) in [7, 11) is 0. The molecule has 0 spiro atoms. The molecule has 0 bridgehead atoms. The van der Waals surface area contributed by atoms with Crippen LogP contribution in [0.1, 0.15) is 39.2 Å². The first-order chi connectivity index (χ1) is 8.87. The van der Waals surface area contributed by atoms with Crippen molar-refractivity contribution in [3.63, 3.8) is 0 Å². The predicted molar refractivity (Wildman–Crippen MR) is 82.6 cm³/mol. The highest BCUT2D eigenvalue weighted by molar-refractivity contribution is 6.30. The molecule has 1 aromatic rings. The van der Waals surface area contributed by atoms with Gasteiger partial charge in [-0.25, -0.2) is 0 Å². The number of rotatable bonds is 4. The van der Waals surface area contributed by atoms with Gasteiger partial charge in [-0.1, -0.05) is 23.7 Å². The highest BCUT2D eigenvalue weighted by atomic mass is 35.5. The minimum absolute atomic E-state index is 0.0217. The molecule has 0 saturated carbocycles. The van der Waals surface area contributed by atoms with Crippen molar-refractivity contribution in [2.75, 3.05) is 13.1 Å². The van der Waals surface area contributed by atoms with Crippen LogP contribution in [0.4, 0.5) is 0 Å². The van der Waals surface area contributed by atoms with Crippen LogP contribution < -0.4 is 5.73 Å². The molecule has 1 fully saturated rings. The summed E-state index contributed by atoms with van der Waals surface area (Å²) in [6.07, 6.45) is 3.50. The van der Waals surface area contributed by atoms with Gasteiger partial charge in [-0.3, -0.25) is 4.90 Å². The SMILES string of the molecule is CC1(C)CCCN1C(C)(CN)Cc1ccc(Cl)cc1. The van der Waals surface area contributed by atoms with E-state index < -0.39 is 0 Å². The highest BCUT2D eigenvalue weighted by Crippen LogP contribution is 2.36. The smallest absolute Gasteiger partial charge is 0.0406 e. The number of benzene rings is 1. The maximum absolute atomic E-state index is 6.12. The van der Waals surface area contributed by atoms with E-state index in [-0.39, 0.29) is 11.1 Å². The second-order valence-electron chi connectivity index (χ2n) is 6.57. The van der Waals surface area contributed by atoms with Crippen LogP contribution >= 0.6 is 11.6 Å². The van der Waals surface area contributed by atoms with E-state index in [1.54, 1.807) is 0 Å². The van der Waals surface area contributed by atoms with Crippen LogP contribution in [0.15, 0.2) is 24.3 Å². The van der Waals surface area contributed by atoms with Crippen molar-refractivity contribution < 1.29 is 0 Å². The fourth-order valence-corrected chi connectivity index (χ4v) is 3.55. The van der Waals surface area contributed by atoms with Crippen LogP contribution in [-0.2, 0) is 6.42 Å². The second kappa shape index (κ2) is 5.43. The van der Waals surface area contributed by atoms with Gasteiger partial charge in [-0.05, 0) is 64.3 Å². The average Bonchev–Trinajstić information content (AvgIpc) is 2.72. The Hall–Kier alpha value is -0.570. The summed E-state index contributed by atoms with van der Waals surface area (Å²) < 4.78 is 0. The number of hydrogen-bond acceptors (Lipinski definition) is 2. The lowest BCUT2D eigenvalue weighted by atomic mass is 9.87. The molecule has 1 aromatic carbocycles. The van der Waals surface area contributed by atoms with E-state index in [0.29, 0.717) is 6.54 Å². The lowest BCUT2D eigenvalue weighted by Crippen LogP contribution is -2.58. The van der Waals surface area contributed by atoms with Crippen molar-refractivity contribution in [2.45, 2.75) is 51.1 Å². The fraction of sp³-hybridized carbons (Fsp3) is 0.625. The van der Waals surface area contributed by atoms with Crippen molar-refractivity contribution in [1.29, 1.82) is 0 Å². The zero-order valence-electron chi connectivity index (χ0n) is 12.2. The van der Waals surface area contributed by atoms with Crippen molar-refractivity contribution in [2.24, 2.45) is 5.73 Å². The maximum Gasteiger partial charge on any atom is 0.0406 e. The summed E-state index contributed by atoms with van der Waals surface area (Å²) in [4.78, 5) is 2.59. The number of nitrogens with zero attached hydrogens (tertiary/aromatic N) is 1. The molecule has 0 aliphatic carbocycles. The summed E-state index contributed by atoms with van der Waals surface area (Å²) in [5.74, 6) is 0. The third-order valence-corrected chi connectivity index (χ3v) is 4.74. The van der Waals surface area contributed by atoms with Gasteiger partial charge in [0.2, 0.25) is 0 Å². The quantitative estimate of drug-likeness (QED) is 0.915. The summed E-state index contributed by atoms with van der Waals surface area (Å²) >= 11 is 5.95. The third kappa shape index (κ3) is 3.13. The Morgan fingerprint density at radius 3 is 2.42 bits per heavy atom. The topological polar surface area (TPSA) is 29.3 Å². The lowest BCUT2D eigenvalue weighted by Gasteiger charge is -2.46. The van der Waals surface area contributed by atoms with E-state index in [0.717, 1.165) is 18.0 Å². The minimum Gasteiger partial charge on any atom is -0.329 e. The lowest BCUT2D eigenvalue weighted by molar-refractivity contribution is 0.0478. The first-order valence-electron chi connectivity index (χ1n) is 7.10. The molecule has 3 heteroatoms. The Morgan fingerprint density at radius 1 is 1.32 bits per heavy atom. The van der Waals surface area contributed by atoms with Gasteiger partial charge in [-0.15, -0.1) is 0 Å². The molecule has 0 amide bonds. The van der Waals surface area contributed by atoms with Crippen LogP contribution in [0, 0.1) is 0 Å². The van der Waals surface area contributed by atoms with Crippen LogP contribution in [0.25, 0.3) is 0 Å². The Bertz CT molecular complexity index is 427. The summed E-state index contributed by atoms with van der Waals surface area (Å²) in [6.45, 7) is 8.77. The van der Waals surface area contributed by atoms with Gasteiger partial charge in [0.25, 0.3) is 0 Å². The number of halogens is 1. The van der Waals surface area contributed by atoms with Crippen LogP contribution in [0.3, 0.4) is 0 Å². The largest absolute Gasteiger partial charge is 0.329 e. The number of hydrogen-bond donors (Lipinski definition) is 1. The normalized spacial score (nSPS) is 22.4. The molecule has 2 N–H and O–H groups in total. The molecule has 2 nitrogen and oxygen atoms in total. The van der Waals surface area contributed by atoms with Crippen molar-refractivity contribution in [3.05, 3.63) is 34.9 Å². The first kappa shape index (κ1) is 14.8. The molecule has 0 aromatic heterocycles. The van der Waals surface area contributed by atoms with Gasteiger partial charge >= 0.3 is 0 Å². The zero-order chi connectivity index (χ0) is 14.1.